The van der Waals surface area contributed by atoms with Crippen molar-refractivity contribution in [3.05, 3.63) is 35.4 Å². The highest BCUT2D eigenvalue weighted by Crippen LogP contribution is 2.26. The van der Waals surface area contributed by atoms with Crippen molar-refractivity contribution in [2.24, 2.45) is 0 Å². The van der Waals surface area contributed by atoms with E-state index in [1.54, 1.807) is 6.08 Å². The first-order valence-electron chi connectivity index (χ1n) is 7.52. The van der Waals surface area contributed by atoms with Gasteiger partial charge in [0.2, 0.25) is 0 Å². The van der Waals surface area contributed by atoms with Gasteiger partial charge in [0.1, 0.15) is 0 Å². The molecule has 1 fully saturated rings. The summed E-state index contributed by atoms with van der Waals surface area (Å²) in [5.74, 6) is -0.911. The molecular formula is C17H24N2O2. The van der Waals surface area contributed by atoms with Crippen LogP contribution >= 0.6 is 0 Å². The Hall–Kier alpha value is -1.81. The third kappa shape index (κ3) is 3.85. The van der Waals surface area contributed by atoms with Gasteiger partial charge in [0.25, 0.3) is 0 Å². The van der Waals surface area contributed by atoms with Gasteiger partial charge < -0.3 is 10.0 Å². The quantitative estimate of drug-likeness (QED) is 0.865. The zero-order valence-electron chi connectivity index (χ0n) is 13.0. The van der Waals surface area contributed by atoms with Crippen LogP contribution in [0.4, 0.5) is 5.69 Å². The van der Waals surface area contributed by atoms with Crippen LogP contribution in [0.5, 0.6) is 0 Å². The first-order valence-corrected chi connectivity index (χ1v) is 7.52. The molecule has 4 heteroatoms. The standard InChI is InChI=1S/C17H24N2O2/c1-4-18-9-10-19(12-14(18)3)16-7-5-13(2)11-15(16)6-8-17(20)21/h5-8,11,14H,4,9-10,12H2,1-3H3,(H,20,21)/b8-6+. The Bertz CT molecular complexity index is 540. The molecule has 1 unspecified atom stereocenters. The highest BCUT2D eigenvalue weighted by Gasteiger charge is 2.23. The van der Waals surface area contributed by atoms with Crippen molar-refractivity contribution in [1.82, 2.24) is 4.90 Å². The Kier molecular flexibility index (Phi) is 5.02. The summed E-state index contributed by atoms with van der Waals surface area (Å²) in [6.45, 7) is 10.6. The Morgan fingerprint density at radius 1 is 1.43 bits per heavy atom. The molecule has 1 aromatic rings. The van der Waals surface area contributed by atoms with E-state index in [0.29, 0.717) is 6.04 Å². The molecule has 0 radical (unpaired) electrons. The van der Waals surface area contributed by atoms with Crippen molar-refractivity contribution in [2.75, 3.05) is 31.1 Å². The van der Waals surface area contributed by atoms with Gasteiger partial charge in [-0.15, -0.1) is 0 Å². The monoisotopic (exact) mass is 288 g/mol. The van der Waals surface area contributed by atoms with E-state index in [-0.39, 0.29) is 0 Å². The number of nitrogens with zero attached hydrogens (tertiary/aromatic N) is 2. The Morgan fingerprint density at radius 2 is 2.19 bits per heavy atom. The van der Waals surface area contributed by atoms with Crippen LogP contribution in [-0.2, 0) is 4.79 Å². The topological polar surface area (TPSA) is 43.8 Å². The molecular weight excluding hydrogens is 264 g/mol. The lowest BCUT2D eigenvalue weighted by Crippen LogP contribution is -2.51. The molecule has 0 bridgehead atoms. The molecule has 1 atom stereocenters. The molecule has 21 heavy (non-hydrogen) atoms. The van der Waals surface area contributed by atoms with E-state index >= 15 is 0 Å². The number of likely N-dealkylation sites (N-methyl/N-ethyl adjacent to an activating group) is 1. The number of carboxylic acid groups (broad SMARTS) is 1. The summed E-state index contributed by atoms with van der Waals surface area (Å²) < 4.78 is 0. The molecule has 0 aromatic heterocycles. The van der Waals surface area contributed by atoms with E-state index in [1.807, 2.05) is 13.0 Å². The fraction of sp³-hybridized carbons (Fsp3) is 0.471. The normalized spacial score (nSPS) is 20.1. The van der Waals surface area contributed by atoms with Crippen LogP contribution in [0.25, 0.3) is 6.08 Å². The zero-order chi connectivity index (χ0) is 15.4. The van der Waals surface area contributed by atoms with Crippen molar-refractivity contribution in [1.29, 1.82) is 0 Å². The second-order valence-electron chi connectivity index (χ2n) is 5.66. The molecule has 1 saturated heterocycles. The summed E-state index contributed by atoms with van der Waals surface area (Å²) in [6.07, 6.45) is 2.91. The second kappa shape index (κ2) is 6.76. The minimum Gasteiger partial charge on any atom is -0.478 e. The van der Waals surface area contributed by atoms with Crippen LogP contribution in [0.15, 0.2) is 24.3 Å². The van der Waals surface area contributed by atoms with Crippen molar-refractivity contribution < 1.29 is 9.90 Å². The van der Waals surface area contributed by atoms with Crippen LogP contribution in [0.3, 0.4) is 0 Å². The third-order valence-electron chi connectivity index (χ3n) is 4.10. The highest BCUT2D eigenvalue weighted by molar-refractivity contribution is 5.87. The Labute approximate surface area is 126 Å². The molecule has 1 aliphatic heterocycles. The lowest BCUT2D eigenvalue weighted by molar-refractivity contribution is -0.131. The first kappa shape index (κ1) is 15.6. The van der Waals surface area contributed by atoms with Gasteiger partial charge >= 0.3 is 5.97 Å². The van der Waals surface area contributed by atoms with Gasteiger partial charge in [-0.05, 0) is 44.2 Å². The van der Waals surface area contributed by atoms with Gasteiger partial charge in [-0.1, -0.05) is 18.6 Å². The van der Waals surface area contributed by atoms with E-state index < -0.39 is 5.97 Å². The number of aliphatic carboxylic acids is 1. The molecule has 0 aliphatic carbocycles. The van der Waals surface area contributed by atoms with E-state index in [4.69, 9.17) is 5.11 Å². The van der Waals surface area contributed by atoms with Gasteiger partial charge in [-0.25, -0.2) is 4.79 Å². The van der Waals surface area contributed by atoms with Gasteiger partial charge in [0.05, 0.1) is 0 Å². The number of hydrogen-bond acceptors (Lipinski definition) is 3. The fourth-order valence-corrected chi connectivity index (χ4v) is 2.94. The lowest BCUT2D eigenvalue weighted by atomic mass is 10.1. The molecule has 4 nitrogen and oxygen atoms in total. The minimum absolute atomic E-state index is 0.515. The second-order valence-corrected chi connectivity index (χ2v) is 5.66. The van der Waals surface area contributed by atoms with Crippen LogP contribution in [0, 0.1) is 6.92 Å². The van der Waals surface area contributed by atoms with Gasteiger partial charge in [0, 0.05) is 37.4 Å². The van der Waals surface area contributed by atoms with E-state index in [9.17, 15) is 4.79 Å². The number of benzene rings is 1. The number of carboxylic acids is 1. The van der Waals surface area contributed by atoms with Crippen LogP contribution in [0.1, 0.15) is 25.0 Å². The average Bonchev–Trinajstić information content (AvgIpc) is 2.45. The molecule has 0 amide bonds. The first-order chi connectivity index (χ1) is 10.0. The number of aryl methyl sites for hydroxylation is 1. The molecule has 0 saturated carbocycles. The fourth-order valence-electron chi connectivity index (χ4n) is 2.94. The van der Waals surface area contributed by atoms with Crippen molar-refractivity contribution >= 4 is 17.7 Å². The number of carbonyl (C=O) groups is 1. The van der Waals surface area contributed by atoms with Gasteiger partial charge in [-0.3, -0.25) is 4.90 Å². The summed E-state index contributed by atoms with van der Waals surface area (Å²) >= 11 is 0. The largest absolute Gasteiger partial charge is 0.478 e. The lowest BCUT2D eigenvalue weighted by Gasteiger charge is -2.41. The third-order valence-corrected chi connectivity index (χ3v) is 4.10. The summed E-state index contributed by atoms with van der Waals surface area (Å²) in [5.41, 5.74) is 3.25. The Balaban J connectivity index is 2.25. The molecule has 114 valence electrons. The summed E-state index contributed by atoms with van der Waals surface area (Å²) in [4.78, 5) is 15.6. The Morgan fingerprint density at radius 3 is 2.81 bits per heavy atom. The number of rotatable bonds is 4. The van der Waals surface area contributed by atoms with Crippen molar-refractivity contribution in [2.45, 2.75) is 26.8 Å². The summed E-state index contributed by atoms with van der Waals surface area (Å²) in [7, 11) is 0. The molecule has 0 spiro atoms. The molecule has 1 aromatic carbocycles. The number of anilines is 1. The maximum Gasteiger partial charge on any atom is 0.328 e. The number of piperazine rings is 1. The van der Waals surface area contributed by atoms with Crippen LogP contribution in [-0.4, -0.2) is 48.2 Å². The smallest absolute Gasteiger partial charge is 0.328 e. The zero-order valence-corrected chi connectivity index (χ0v) is 13.0. The van der Waals surface area contributed by atoms with Gasteiger partial charge in [-0.2, -0.15) is 0 Å². The summed E-state index contributed by atoms with van der Waals surface area (Å²) in [5, 5.41) is 8.85. The van der Waals surface area contributed by atoms with Crippen molar-refractivity contribution in [3.8, 4) is 0 Å². The average molecular weight is 288 g/mol. The maximum absolute atomic E-state index is 10.8. The number of hydrogen-bond donors (Lipinski definition) is 1. The van der Waals surface area contributed by atoms with E-state index in [0.717, 1.165) is 43.0 Å². The molecule has 2 rings (SSSR count). The highest BCUT2D eigenvalue weighted by atomic mass is 16.4. The molecule has 1 heterocycles. The minimum atomic E-state index is -0.911. The maximum atomic E-state index is 10.8. The van der Waals surface area contributed by atoms with Gasteiger partial charge in [0.15, 0.2) is 0 Å². The van der Waals surface area contributed by atoms with Crippen LogP contribution < -0.4 is 4.90 Å². The van der Waals surface area contributed by atoms with Crippen LogP contribution in [0.2, 0.25) is 0 Å². The predicted octanol–water partition coefficient (Wildman–Crippen LogP) is 2.62. The van der Waals surface area contributed by atoms with E-state index in [1.165, 1.54) is 6.08 Å². The SMILES string of the molecule is CCN1CCN(c2ccc(C)cc2/C=C/C(=O)O)CC1C. The van der Waals surface area contributed by atoms with E-state index in [2.05, 4.69) is 35.8 Å². The molecule has 1 N–H and O–H groups in total. The summed E-state index contributed by atoms with van der Waals surface area (Å²) in [6, 6.07) is 6.75. The van der Waals surface area contributed by atoms with Crippen molar-refractivity contribution in [3.63, 3.8) is 0 Å². The predicted molar refractivity (Wildman–Crippen MR) is 86.8 cm³/mol. The molecule has 1 aliphatic rings.